The summed E-state index contributed by atoms with van der Waals surface area (Å²) >= 11 is 0. The van der Waals surface area contributed by atoms with Crippen LogP contribution in [0.2, 0.25) is 0 Å². The van der Waals surface area contributed by atoms with E-state index in [1.54, 1.807) is 0 Å². The molecule has 1 saturated heterocycles. The molecule has 0 atom stereocenters. The summed E-state index contributed by atoms with van der Waals surface area (Å²) in [4.78, 5) is 2.17. The number of ether oxygens (including phenoxy) is 1. The van der Waals surface area contributed by atoms with Gasteiger partial charge < -0.3 is 19.5 Å². The number of hydrogen-bond donors (Lipinski definition) is 1. The van der Waals surface area contributed by atoms with Gasteiger partial charge in [-0.3, -0.25) is 0 Å². The Kier molecular flexibility index (Phi) is 5.98. The molecule has 1 aromatic carbocycles. The first-order valence-corrected chi connectivity index (χ1v) is 10.6. The second-order valence-corrected chi connectivity index (χ2v) is 8.54. The molecule has 1 aliphatic heterocycles. The summed E-state index contributed by atoms with van der Waals surface area (Å²) in [6.45, 7) is 3.11. The monoisotopic (exact) mass is 371 g/mol. The Hall–Kier alpha value is -1.59. The number of benzene rings is 1. The Bertz CT molecular complexity index is 743. The van der Waals surface area contributed by atoms with Gasteiger partial charge in [0.2, 0.25) is 0 Å². The number of aromatic nitrogens is 1. The summed E-state index contributed by atoms with van der Waals surface area (Å²) in [5.41, 5.74) is 3.17. The van der Waals surface area contributed by atoms with Crippen molar-refractivity contribution >= 4 is 11.0 Å². The highest BCUT2D eigenvalue weighted by atomic mass is 16.5. The maximum absolute atomic E-state index is 6.36. The Morgan fingerprint density at radius 3 is 2.67 bits per heavy atom. The highest BCUT2D eigenvalue weighted by Crippen LogP contribution is 2.34. The standard InChI is InChI=1S/C22H33N3O2/c1-25(2)15-19-21(26-17-5-3-4-6-17)10-8-18-20(24-27-22(18)19)9-7-16-11-13-23-14-12-16/h8,10,16-17,23H,3-7,9,11-15H2,1-2H3. The van der Waals surface area contributed by atoms with Crippen LogP contribution in [0.3, 0.4) is 0 Å². The largest absolute Gasteiger partial charge is 0.490 e. The number of fused-ring (bicyclic) bond motifs is 1. The molecular formula is C22H33N3O2. The number of piperidine rings is 1. The number of rotatable bonds is 7. The van der Waals surface area contributed by atoms with E-state index < -0.39 is 0 Å². The summed E-state index contributed by atoms with van der Waals surface area (Å²) in [7, 11) is 4.18. The lowest BCUT2D eigenvalue weighted by Crippen LogP contribution is -2.27. The van der Waals surface area contributed by atoms with E-state index in [1.807, 2.05) is 0 Å². The van der Waals surface area contributed by atoms with Crippen molar-refractivity contribution in [3.8, 4) is 5.75 Å². The first-order chi connectivity index (χ1) is 13.2. The number of nitrogens with one attached hydrogen (secondary N) is 1. The fourth-order valence-corrected chi connectivity index (χ4v) is 4.54. The molecular weight excluding hydrogens is 338 g/mol. The molecule has 148 valence electrons. The van der Waals surface area contributed by atoms with Gasteiger partial charge in [-0.15, -0.1) is 0 Å². The van der Waals surface area contributed by atoms with Gasteiger partial charge in [0, 0.05) is 11.9 Å². The number of aryl methyl sites for hydroxylation is 1. The van der Waals surface area contributed by atoms with E-state index in [2.05, 4.69) is 41.6 Å². The smallest absolute Gasteiger partial charge is 0.175 e. The second kappa shape index (κ2) is 8.61. The molecule has 2 aromatic rings. The molecule has 0 radical (unpaired) electrons. The molecule has 4 rings (SSSR count). The molecule has 27 heavy (non-hydrogen) atoms. The molecule has 5 nitrogen and oxygen atoms in total. The zero-order valence-electron chi connectivity index (χ0n) is 16.8. The van der Waals surface area contributed by atoms with Crippen LogP contribution in [-0.2, 0) is 13.0 Å². The lowest BCUT2D eigenvalue weighted by atomic mass is 9.92. The van der Waals surface area contributed by atoms with E-state index in [0.717, 1.165) is 67.4 Å². The quantitative estimate of drug-likeness (QED) is 0.793. The van der Waals surface area contributed by atoms with Crippen LogP contribution in [-0.4, -0.2) is 43.3 Å². The summed E-state index contributed by atoms with van der Waals surface area (Å²) in [5.74, 6) is 1.79. The van der Waals surface area contributed by atoms with Gasteiger partial charge in [0.05, 0.1) is 17.4 Å². The van der Waals surface area contributed by atoms with Crippen molar-refractivity contribution in [2.45, 2.75) is 64.0 Å². The van der Waals surface area contributed by atoms with E-state index in [1.165, 1.54) is 37.5 Å². The van der Waals surface area contributed by atoms with Crippen LogP contribution in [0.25, 0.3) is 11.0 Å². The molecule has 2 heterocycles. The third-order valence-electron chi connectivity index (χ3n) is 6.09. The van der Waals surface area contributed by atoms with Crippen LogP contribution in [0.1, 0.15) is 56.2 Å². The Balaban J connectivity index is 1.56. The fraction of sp³-hybridized carbons (Fsp3) is 0.682. The molecule has 0 unspecified atom stereocenters. The van der Waals surface area contributed by atoms with Crippen molar-refractivity contribution in [1.29, 1.82) is 0 Å². The van der Waals surface area contributed by atoms with Crippen LogP contribution in [0.5, 0.6) is 5.75 Å². The van der Waals surface area contributed by atoms with Gasteiger partial charge in [-0.05, 0) is 96.6 Å². The molecule has 1 N–H and O–H groups in total. The minimum Gasteiger partial charge on any atom is -0.490 e. The minimum absolute atomic E-state index is 0.352. The molecule has 5 heteroatoms. The third-order valence-corrected chi connectivity index (χ3v) is 6.09. The molecule has 0 bridgehead atoms. The lowest BCUT2D eigenvalue weighted by molar-refractivity contribution is 0.205. The van der Waals surface area contributed by atoms with E-state index in [4.69, 9.17) is 9.26 Å². The third kappa shape index (κ3) is 4.46. The highest BCUT2D eigenvalue weighted by Gasteiger charge is 2.22. The topological polar surface area (TPSA) is 50.5 Å². The molecule has 2 aliphatic rings. The zero-order chi connectivity index (χ0) is 18.6. The van der Waals surface area contributed by atoms with Crippen LogP contribution in [0, 0.1) is 5.92 Å². The molecule has 1 aromatic heterocycles. The van der Waals surface area contributed by atoms with E-state index in [9.17, 15) is 0 Å². The average Bonchev–Trinajstić information content (AvgIpc) is 3.32. The second-order valence-electron chi connectivity index (χ2n) is 8.54. The normalized spacial score (nSPS) is 19.4. The molecule has 0 spiro atoms. The van der Waals surface area contributed by atoms with Gasteiger partial charge in [-0.1, -0.05) is 5.16 Å². The Labute approximate surface area is 162 Å². The van der Waals surface area contributed by atoms with Crippen molar-refractivity contribution in [2.24, 2.45) is 5.92 Å². The Morgan fingerprint density at radius 1 is 1.15 bits per heavy atom. The summed E-state index contributed by atoms with van der Waals surface area (Å²) < 4.78 is 12.2. The summed E-state index contributed by atoms with van der Waals surface area (Å²) in [6, 6.07) is 4.30. The van der Waals surface area contributed by atoms with Gasteiger partial charge in [-0.25, -0.2) is 0 Å². The van der Waals surface area contributed by atoms with E-state index in [-0.39, 0.29) is 0 Å². The van der Waals surface area contributed by atoms with Crippen molar-refractivity contribution in [1.82, 2.24) is 15.4 Å². The molecule has 0 amide bonds. The average molecular weight is 372 g/mol. The maximum Gasteiger partial charge on any atom is 0.175 e. The van der Waals surface area contributed by atoms with Crippen molar-refractivity contribution in [3.63, 3.8) is 0 Å². The number of hydrogen-bond acceptors (Lipinski definition) is 5. The van der Waals surface area contributed by atoms with E-state index >= 15 is 0 Å². The van der Waals surface area contributed by atoms with Crippen LogP contribution in [0.15, 0.2) is 16.7 Å². The van der Waals surface area contributed by atoms with Gasteiger partial charge in [0.1, 0.15) is 5.75 Å². The lowest BCUT2D eigenvalue weighted by Gasteiger charge is -2.22. The maximum atomic E-state index is 6.36. The van der Waals surface area contributed by atoms with Crippen LogP contribution in [0.4, 0.5) is 0 Å². The minimum atomic E-state index is 0.352. The predicted molar refractivity (Wildman–Crippen MR) is 108 cm³/mol. The van der Waals surface area contributed by atoms with Gasteiger partial charge >= 0.3 is 0 Å². The van der Waals surface area contributed by atoms with Crippen molar-refractivity contribution < 1.29 is 9.26 Å². The van der Waals surface area contributed by atoms with Gasteiger partial charge in [0.15, 0.2) is 5.58 Å². The first-order valence-electron chi connectivity index (χ1n) is 10.6. The van der Waals surface area contributed by atoms with Gasteiger partial charge in [0.25, 0.3) is 0 Å². The van der Waals surface area contributed by atoms with Crippen LogP contribution >= 0.6 is 0 Å². The Morgan fingerprint density at radius 2 is 1.93 bits per heavy atom. The van der Waals surface area contributed by atoms with Gasteiger partial charge in [-0.2, -0.15) is 0 Å². The predicted octanol–water partition coefficient (Wildman–Crippen LogP) is 4.14. The first kappa shape index (κ1) is 18.8. The fourth-order valence-electron chi connectivity index (χ4n) is 4.54. The number of nitrogens with zero attached hydrogens (tertiary/aromatic N) is 2. The SMILES string of the molecule is CN(C)Cc1c(OC2CCCC2)ccc2c(CCC3CCNCC3)noc12. The highest BCUT2D eigenvalue weighted by molar-refractivity contribution is 5.84. The van der Waals surface area contributed by atoms with Crippen molar-refractivity contribution in [2.75, 3.05) is 27.2 Å². The summed E-state index contributed by atoms with van der Waals surface area (Å²) in [6.07, 6.45) is 9.99. The molecule has 1 saturated carbocycles. The summed E-state index contributed by atoms with van der Waals surface area (Å²) in [5, 5.41) is 9.07. The van der Waals surface area contributed by atoms with Crippen LogP contribution < -0.4 is 10.1 Å². The molecule has 1 aliphatic carbocycles. The zero-order valence-corrected chi connectivity index (χ0v) is 16.8. The molecule has 2 fully saturated rings. The van der Waals surface area contributed by atoms with Crippen molar-refractivity contribution in [3.05, 3.63) is 23.4 Å². The van der Waals surface area contributed by atoms with E-state index in [0.29, 0.717) is 6.10 Å².